The lowest BCUT2D eigenvalue weighted by Gasteiger charge is -2.29. The minimum absolute atomic E-state index is 0.312. The molecule has 0 unspecified atom stereocenters. The fourth-order valence-electron chi connectivity index (χ4n) is 3.20. The Morgan fingerprint density at radius 2 is 1.50 bits per heavy atom. The molecule has 4 nitrogen and oxygen atoms in total. The zero-order valence-corrected chi connectivity index (χ0v) is 14.5. The molecule has 0 saturated heterocycles. The lowest BCUT2D eigenvalue weighted by atomic mass is 9.92. The first-order valence-electron chi connectivity index (χ1n) is 8.38. The maximum atomic E-state index is 13.3. The first-order valence-corrected chi connectivity index (χ1v) is 8.38. The van der Waals surface area contributed by atoms with Crippen molar-refractivity contribution in [1.29, 1.82) is 0 Å². The highest BCUT2D eigenvalue weighted by Crippen LogP contribution is 2.34. The summed E-state index contributed by atoms with van der Waals surface area (Å²) in [5.74, 6) is 0.685. The molecule has 0 fully saturated rings. The lowest BCUT2D eigenvalue weighted by Crippen LogP contribution is -2.42. The van der Waals surface area contributed by atoms with Gasteiger partial charge in [-0.2, -0.15) is 0 Å². The number of hydrogen-bond acceptors (Lipinski definition) is 3. The SMILES string of the molecule is Cc1ccc(C=C2C(=O)N(c3ccccc3C)C(=O)c3ccccc32)o1. The number of imide groups is 1. The van der Waals surface area contributed by atoms with Crippen LogP contribution in [0.25, 0.3) is 11.6 Å². The van der Waals surface area contributed by atoms with Crippen LogP contribution in [0.4, 0.5) is 5.69 Å². The Kier molecular flexibility index (Phi) is 3.81. The van der Waals surface area contributed by atoms with E-state index in [1.54, 1.807) is 30.3 Å². The second-order valence-electron chi connectivity index (χ2n) is 6.28. The monoisotopic (exact) mass is 343 g/mol. The molecule has 0 aliphatic carbocycles. The Balaban J connectivity index is 1.93. The highest BCUT2D eigenvalue weighted by molar-refractivity contribution is 6.43. The molecular formula is C22H17NO3. The van der Waals surface area contributed by atoms with Gasteiger partial charge >= 0.3 is 0 Å². The second-order valence-corrected chi connectivity index (χ2v) is 6.28. The van der Waals surface area contributed by atoms with Crippen LogP contribution in [-0.2, 0) is 4.79 Å². The normalized spacial score (nSPS) is 15.5. The van der Waals surface area contributed by atoms with Crippen molar-refractivity contribution in [2.45, 2.75) is 13.8 Å². The molecule has 2 aromatic carbocycles. The van der Waals surface area contributed by atoms with E-state index in [4.69, 9.17) is 4.42 Å². The quantitative estimate of drug-likeness (QED) is 0.504. The van der Waals surface area contributed by atoms with Crippen molar-refractivity contribution in [3.05, 3.63) is 88.9 Å². The number of rotatable bonds is 2. The van der Waals surface area contributed by atoms with Gasteiger partial charge in [-0.05, 0) is 49.8 Å². The van der Waals surface area contributed by atoms with Crippen LogP contribution in [0.1, 0.15) is 33.0 Å². The summed E-state index contributed by atoms with van der Waals surface area (Å²) in [6.07, 6.45) is 1.70. The first kappa shape index (κ1) is 16.1. The molecule has 1 aliphatic heterocycles. The van der Waals surface area contributed by atoms with E-state index in [0.29, 0.717) is 28.1 Å². The minimum Gasteiger partial charge on any atom is -0.462 e. The number of benzene rings is 2. The van der Waals surface area contributed by atoms with E-state index < -0.39 is 0 Å². The van der Waals surface area contributed by atoms with E-state index in [1.807, 2.05) is 50.2 Å². The molecule has 26 heavy (non-hydrogen) atoms. The molecule has 3 aromatic rings. The van der Waals surface area contributed by atoms with Gasteiger partial charge in [0.1, 0.15) is 11.5 Å². The Hall–Kier alpha value is -3.40. The second kappa shape index (κ2) is 6.15. The Morgan fingerprint density at radius 3 is 2.19 bits per heavy atom. The molecule has 0 atom stereocenters. The fourth-order valence-corrected chi connectivity index (χ4v) is 3.20. The van der Waals surface area contributed by atoms with Gasteiger partial charge < -0.3 is 4.42 Å². The van der Waals surface area contributed by atoms with Crippen molar-refractivity contribution >= 4 is 29.2 Å². The molecule has 0 N–H and O–H groups in total. The Morgan fingerprint density at radius 1 is 0.808 bits per heavy atom. The van der Waals surface area contributed by atoms with Crippen LogP contribution in [0.15, 0.2) is 65.1 Å². The van der Waals surface area contributed by atoms with Gasteiger partial charge in [0.05, 0.1) is 11.3 Å². The summed E-state index contributed by atoms with van der Waals surface area (Å²) in [4.78, 5) is 27.5. The lowest BCUT2D eigenvalue weighted by molar-refractivity contribution is -0.112. The number of carbonyl (C=O) groups excluding carboxylic acids is 2. The van der Waals surface area contributed by atoms with E-state index in [0.717, 1.165) is 11.3 Å². The van der Waals surface area contributed by atoms with Crippen molar-refractivity contribution in [1.82, 2.24) is 0 Å². The third kappa shape index (κ3) is 2.56. The molecule has 4 rings (SSSR count). The van der Waals surface area contributed by atoms with E-state index in [2.05, 4.69) is 0 Å². The number of hydrogen-bond donors (Lipinski definition) is 0. The van der Waals surface area contributed by atoms with Gasteiger partial charge in [0.25, 0.3) is 11.8 Å². The average molecular weight is 343 g/mol. The molecule has 2 heterocycles. The first-order chi connectivity index (χ1) is 12.6. The summed E-state index contributed by atoms with van der Waals surface area (Å²) in [6, 6.07) is 18.2. The van der Waals surface area contributed by atoms with Crippen molar-refractivity contribution in [3.8, 4) is 0 Å². The van der Waals surface area contributed by atoms with Crippen molar-refractivity contribution in [2.75, 3.05) is 4.90 Å². The van der Waals surface area contributed by atoms with Gasteiger partial charge in [-0.3, -0.25) is 9.59 Å². The van der Waals surface area contributed by atoms with Crippen molar-refractivity contribution in [2.24, 2.45) is 0 Å². The number of furan rings is 1. The van der Waals surface area contributed by atoms with Crippen LogP contribution >= 0.6 is 0 Å². The average Bonchev–Trinajstić information content (AvgIpc) is 3.05. The maximum Gasteiger partial charge on any atom is 0.266 e. The van der Waals surface area contributed by atoms with Crippen LogP contribution in [-0.4, -0.2) is 11.8 Å². The molecule has 0 spiro atoms. The highest BCUT2D eigenvalue weighted by atomic mass is 16.3. The topological polar surface area (TPSA) is 50.5 Å². The highest BCUT2D eigenvalue weighted by Gasteiger charge is 2.36. The summed E-state index contributed by atoms with van der Waals surface area (Å²) >= 11 is 0. The number of para-hydroxylation sites is 1. The molecule has 1 aliphatic rings. The van der Waals surface area contributed by atoms with Crippen LogP contribution in [0.2, 0.25) is 0 Å². The van der Waals surface area contributed by atoms with E-state index >= 15 is 0 Å². The van der Waals surface area contributed by atoms with E-state index in [-0.39, 0.29) is 11.8 Å². The summed E-state index contributed by atoms with van der Waals surface area (Å²) in [6.45, 7) is 3.73. The summed E-state index contributed by atoms with van der Waals surface area (Å²) < 4.78 is 5.61. The number of anilines is 1. The third-order valence-electron chi connectivity index (χ3n) is 4.49. The number of fused-ring (bicyclic) bond motifs is 1. The zero-order valence-electron chi connectivity index (χ0n) is 14.5. The summed E-state index contributed by atoms with van der Waals surface area (Å²) in [7, 11) is 0. The van der Waals surface area contributed by atoms with Crippen LogP contribution in [0.3, 0.4) is 0 Å². The molecule has 4 heteroatoms. The zero-order chi connectivity index (χ0) is 18.3. The predicted octanol–water partition coefficient (Wildman–Crippen LogP) is 4.62. The predicted molar refractivity (Wildman–Crippen MR) is 101 cm³/mol. The molecular weight excluding hydrogens is 326 g/mol. The molecule has 2 amide bonds. The van der Waals surface area contributed by atoms with Crippen LogP contribution < -0.4 is 4.90 Å². The molecule has 1 aromatic heterocycles. The van der Waals surface area contributed by atoms with Gasteiger partial charge in [0, 0.05) is 11.1 Å². The van der Waals surface area contributed by atoms with Crippen molar-refractivity contribution < 1.29 is 14.0 Å². The number of amides is 2. The molecule has 0 saturated carbocycles. The number of nitrogens with zero attached hydrogens (tertiary/aromatic N) is 1. The largest absolute Gasteiger partial charge is 0.462 e. The van der Waals surface area contributed by atoms with Crippen LogP contribution in [0, 0.1) is 13.8 Å². The van der Waals surface area contributed by atoms with E-state index in [9.17, 15) is 9.59 Å². The van der Waals surface area contributed by atoms with Crippen LogP contribution in [0.5, 0.6) is 0 Å². The van der Waals surface area contributed by atoms with Gasteiger partial charge in [-0.1, -0.05) is 36.4 Å². The Labute approximate surface area is 151 Å². The van der Waals surface area contributed by atoms with Crippen molar-refractivity contribution in [3.63, 3.8) is 0 Å². The molecule has 128 valence electrons. The Bertz CT molecular complexity index is 1060. The van der Waals surface area contributed by atoms with Gasteiger partial charge in [0.15, 0.2) is 0 Å². The smallest absolute Gasteiger partial charge is 0.266 e. The molecule has 0 radical (unpaired) electrons. The third-order valence-corrected chi connectivity index (χ3v) is 4.49. The van der Waals surface area contributed by atoms with Gasteiger partial charge in [-0.15, -0.1) is 0 Å². The molecule has 0 bridgehead atoms. The fraction of sp³-hybridized carbons (Fsp3) is 0.0909. The summed E-state index contributed by atoms with van der Waals surface area (Å²) in [5, 5.41) is 0. The maximum absolute atomic E-state index is 13.3. The number of carbonyl (C=O) groups is 2. The minimum atomic E-state index is -0.350. The van der Waals surface area contributed by atoms with Gasteiger partial charge in [0.2, 0.25) is 0 Å². The number of aryl methyl sites for hydroxylation is 2. The van der Waals surface area contributed by atoms with Gasteiger partial charge in [-0.25, -0.2) is 4.90 Å². The van der Waals surface area contributed by atoms with E-state index in [1.165, 1.54) is 4.90 Å². The standard InChI is InChI=1S/C22H17NO3/c1-14-7-3-6-10-20(14)23-21(24)18-9-5-4-8-17(18)19(22(23)25)13-16-12-11-15(2)26-16/h3-13H,1-2H3. The summed E-state index contributed by atoms with van der Waals surface area (Å²) in [5.41, 5.74) is 3.03.